The zero-order chi connectivity index (χ0) is 22.8. The van der Waals surface area contributed by atoms with Crippen molar-refractivity contribution in [2.45, 2.75) is 27.7 Å². The minimum Gasteiger partial charge on any atom is -0.462 e. The fourth-order valence-electron chi connectivity index (χ4n) is 3.85. The van der Waals surface area contributed by atoms with Crippen LogP contribution in [0.2, 0.25) is 0 Å². The highest BCUT2D eigenvalue weighted by Gasteiger charge is 2.14. The molecule has 6 nitrogen and oxygen atoms in total. The number of hydrogen-bond donors (Lipinski definition) is 1. The number of hydrogen-bond acceptors (Lipinski definition) is 4. The van der Waals surface area contributed by atoms with Gasteiger partial charge in [0.25, 0.3) is 0 Å². The topological polar surface area (TPSA) is 83.7 Å². The molecule has 0 aliphatic heterocycles. The van der Waals surface area contributed by atoms with Gasteiger partial charge in [-0.3, -0.25) is 0 Å². The smallest absolute Gasteiger partial charge is 0.338 e. The quantitative estimate of drug-likeness (QED) is 0.338. The average molecular weight is 425 g/mol. The first-order valence-electron chi connectivity index (χ1n) is 10.5. The number of aryl methyl sites for hydroxylation is 2. The second kappa shape index (κ2) is 8.56. The van der Waals surface area contributed by atoms with Gasteiger partial charge in [-0.2, -0.15) is 5.26 Å². The summed E-state index contributed by atoms with van der Waals surface area (Å²) in [6.07, 6.45) is 1.86. The number of esters is 1. The van der Waals surface area contributed by atoms with Crippen molar-refractivity contribution in [3.63, 3.8) is 0 Å². The van der Waals surface area contributed by atoms with Gasteiger partial charge in [-0.05, 0) is 87.4 Å². The van der Waals surface area contributed by atoms with Crippen molar-refractivity contribution in [3.05, 3.63) is 82.4 Å². The summed E-state index contributed by atoms with van der Waals surface area (Å²) in [7, 11) is 0. The Morgan fingerprint density at radius 3 is 2.59 bits per heavy atom. The van der Waals surface area contributed by atoms with Gasteiger partial charge in [0.15, 0.2) is 0 Å². The van der Waals surface area contributed by atoms with E-state index in [1.165, 1.54) is 0 Å². The predicted molar refractivity (Wildman–Crippen MR) is 126 cm³/mol. The van der Waals surface area contributed by atoms with Crippen LogP contribution in [0, 0.1) is 32.1 Å². The Morgan fingerprint density at radius 1 is 1.16 bits per heavy atom. The molecular weight excluding hydrogens is 400 g/mol. The molecule has 2 aromatic carbocycles. The fourth-order valence-corrected chi connectivity index (χ4v) is 3.85. The van der Waals surface area contributed by atoms with E-state index >= 15 is 0 Å². The first kappa shape index (κ1) is 21.1. The molecule has 0 amide bonds. The van der Waals surface area contributed by atoms with Crippen LogP contribution in [0.25, 0.3) is 28.4 Å². The zero-order valence-corrected chi connectivity index (χ0v) is 18.6. The van der Waals surface area contributed by atoms with Gasteiger partial charge in [-0.15, -0.1) is 0 Å². The third-order valence-corrected chi connectivity index (χ3v) is 5.42. The molecule has 4 rings (SSSR count). The number of aromatic nitrogens is 3. The molecule has 0 aliphatic rings. The Labute approximate surface area is 186 Å². The summed E-state index contributed by atoms with van der Waals surface area (Å²) in [6.45, 7) is 8.18. The molecule has 0 saturated carbocycles. The number of allylic oxidation sites excluding steroid dienone is 1. The number of imidazole rings is 1. The minimum atomic E-state index is -0.330. The molecule has 1 N–H and O–H groups in total. The third kappa shape index (κ3) is 3.93. The molecular formula is C26H24N4O2. The number of nitriles is 1. The third-order valence-electron chi connectivity index (χ3n) is 5.42. The number of nitrogens with zero attached hydrogens (tertiary/aromatic N) is 3. The molecule has 0 saturated heterocycles. The van der Waals surface area contributed by atoms with Gasteiger partial charge < -0.3 is 14.3 Å². The summed E-state index contributed by atoms with van der Waals surface area (Å²) in [5, 5.41) is 9.80. The second-order valence-corrected chi connectivity index (χ2v) is 7.71. The van der Waals surface area contributed by atoms with Crippen LogP contribution in [0.4, 0.5) is 0 Å². The number of ether oxygens (including phenoxy) is 1. The van der Waals surface area contributed by atoms with Gasteiger partial charge in [0.1, 0.15) is 11.9 Å². The van der Waals surface area contributed by atoms with E-state index in [9.17, 15) is 10.1 Å². The van der Waals surface area contributed by atoms with Crippen LogP contribution < -0.4 is 0 Å². The Balaban J connectivity index is 1.70. The number of rotatable bonds is 5. The first-order valence-corrected chi connectivity index (χ1v) is 10.5. The fraction of sp³-hybridized carbons (Fsp3) is 0.192. The lowest BCUT2D eigenvalue weighted by atomic mass is 10.1. The summed E-state index contributed by atoms with van der Waals surface area (Å²) in [5.41, 5.74) is 7.75. The van der Waals surface area contributed by atoms with Crippen LogP contribution in [0.1, 0.15) is 45.6 Å². The SMILES string of the molecule is CCOC(=O)c1ccc(-n2c(C)cc(/C=C(/C#N)c3nc4ccc(C)cc4[nH]3)c2C)cc1. The Bertz CT molecular complexity index is 1380. The van der Waals surface area contributed by atoms with Crippen LogP contribution in [0.5, 0.6) is 0 Å². The molecule has 6 heteroatoms. The summed E-state index contributed by atoms with van der Waals surface area (Å²) in [5.74, 6) is 0.222. The van der Waals surface area contributed by atoms with E-state index in [4.69, 9.17) is 4.74 Å². The maximum Gasteiger partial charge on any atom is 0.338 e. The predicted octanol–water partition coefficient (Wildman–Crippen LogP) is 5.52. The van der Waals surface area contributed by atoms with E-state index in [1.54, 1.807) is 19.1 Å². The van der Waals surface area contributed by atoms with Crippen molar-refractivity contribution in [2.75, 3.05) is 6.61 Å². The highest BCUT2D eigenvalue weighted by Crippen LogP contribution is 2.26. The van der Waals surface area contributed by atoms with Gasteiger partial charge >= 0.3 is 5.97 Å². The molecule has 0 bridgehead atoms. The number of carbonyl (C=O) groups excluding carboxylic acids is 1. The molecule has 0 fully saturated rings. The molecule has 160 valence electrons. The van der Waals surface area contributed by atoms with E-state index in [0.717, 1.165) is 39.2 Å². The molecule has 2 heterocycles. The normalized spacial score (nSPS) is 11.5. The number of H-pyrrole nitrogens is 1. The maximum absolute atomic E-state index is 11.9. The number of fused-ring (bicyclic) bond motifs is 1. The van der Waals surface area contributed by atoms with E-state index in [1.807, 2.05) is 63.2 Å². The summed E-state index contributed by atoms with van der Waals surface area (Å²) < 4.78 is 7.15. The largest absolute Gasteiger partial charge is 0.462 e. The van der Waals surface area contributed by atoms with E-state index < -0.39 is 0 Å². The minimum absolute atomic E-state index is 0.330. The highest BCUT2D eigenvalue weighted by atomic mass is 16.5. The molecule has 0 atom stereocenters. The molecule has 32 heavy (non-hydrogen) atoms. The number of nitrogens with one attached hydrogen (secondary N) is 1. The molecule has 4 aromatic rings. The number of benzene rings is 2. The van der Waals surface area contributed by atoms with Crippen molar-refractivity contribution in [2.24, 2.45) is 0 Å². The summed E-state index contributed by atoms with van der Waals surface area (Å²) in [4.78, 5) is 19.8. The summed E-state index contributed by atoms with van der Waals surface area (Å²) in [6, 6.07) is 17.6. The lowest BCUT2D eigenvalue weighted by Crippen LogP contribution is -2.05. The van der Waals surface area contributed by atoms with Crippen molar-refractivity contribution < 1.29 is 9.53 Å². The van der Waals surface area contributed by atoms with Crippen LogP contribution in [0.3, 0.4) is 0 Å². The van der Waals surface area contributed by atoms with Crippen molar-refractivity contribution >= 4 is 28.7 Å². The van der Waals surface area contributed by atoms with Gasteiger partial charge in [0, 0.05) is 17.1 Å². The van der Waals surface area contributed by atoms with Crippen LogP contribution in [0.15, 0.2) is 48.5 Å². The second-order valence-electron chi connectivity index (χ2n) is 7.71. The molecule has 0 unspecified atom stereocenters. The zero-order valence-electron chi connectivity index (χ0n) is 18.6. The van der Waals surface area contributed by atoms with Crippen LogP contribution >= 0.6 is 0 Å². The molecule has 2 aromatic heterocycles. The highest BCUT2D eigenvalue weighted by molar-refractivity contribution is 5.91. The number of aromatic amines is 1. The molecule has 0 radical (unpaired) electrons. The Hall–Kier alpha value is -4.11. The Kier molecular flexibility index (Phi) is 5.65. The van der Waals surface area contributed by atoms with E-state index in [0.29, 0.717) is 23.6 Å². The van der Waals surface area contributed by atoms with Crippen LogP contribution in [-0.2, 0) is 4.74 Å². The van der Waals surface area contributed by atoms with Crippen molar-refractivity contribution in [3.8, 4) is 11.8 Å². The maximum atomic E-state index is 11.9. The van der Waals surface area contributed by atoms with Crippen molar-refractivity contribution in [1.29, 1.82) is 5.26 Å². The average Bonchev–Trinajstić information content (AvgIpc) is 3.31. The van der Waals surface area contributed by atoms with E-state index in [2.05, 4.69) is 20.6 Å². The first-order chi connectivity index (χ1) is 15.4. The monoisotopic (exact) mass is 424 g/mol. The Morgan fingerprint density at radius 2 is 1.91 bits per heavy atom. The van der Waals surface area contributed by atoms with Gasteiger partial charge in [0.05, 0.1) is 28.8 Å². The van der Waals surface area contributed by atoms with Crippen LogP contribution in [-0.4, -0.2) is 27.1 Å². The molecule has 0 spiro atoms. The van der Waals surface area contributed by atoms with E-state index in [-0.39, 0.29) is 5.97 Å². The lowest BCUT2D eigenvalue weighted by Gasteiger charge is -2.10. The molecule has 0 aliphatic carbocycles. The van der Waals surface area contributed by atoms with Gasteiger partial charge in [0.2, 0.25) is 0 Å². The number of carbonyl (C=O) groups is 1. The van der Waals surface area contributed by atoms with Crippen molar-refractivity contribution in [1.82, 2.24) is 14.5 Å². The lowest BCUT2D eigenvalue weighted by molar-refractivity contribution is 0.0526. The summed E-state index contributed by atoms with van der Waals surface area (Å²) >= 11 is 0. The van der Waals surface area contributed by atoms with Gasteiger partial charge in [-0.1, -0.05) is 6.07 Å². The standard InChI is InChI=1S/C26H24N4O2/c1-5-32-26(31)19-7-9-22(10-8-19)30-17(3)13-20(18(30)4)14-21(15-27)25-28-23-11-6-16(2)12-24(23)29-25/h6-14H,5H2,1-4H3,(H,28,29)/b21-14-. The van der Waals surface area contributed by atoms with Gasteiger partial charge in [-0.25, -0.2) is 9.78 Å².